The van der Waals surface area contributed by atoms with Gasteiger partial charge in [0.2, 0.25) is 0 Å². The number of nitrogens with zero attached hydrogens (tertiary/aromatic N) is 2. The molecule has 0 saturated heterocycles. The van der Waals surface area contributed by atoms with Gasteiger partial charge in [-0.25, -0.2) is 0 Å². The van der Waals surface area contributed by atoms with Crippen molar-refractivity contribution in [1.82, 2.24) is 9.78 Å². The van der Waals surface area contributed by atoms with Crippen LogP contribution in [0.3, 0.4) is 0 Å². The molecular weight excluding hydrogens is 150 g/mol. The molecule has 0 bridgehead atoms. The summed E-state index contributed by atoms with van der Waals surface area (Å²) >= 11 is 0. The zero-order valence-electron chi connectivity index (χ0n) is 7.45. The van der Waals surface area contributed by atoms with Crippen molar-refractivity contribution in [2.45, 2.75) is 32.2 Å². The van der Waals surface area contributed by atoms with Gasteiger partial charge in [0.05, 0.1) is 5.69 Å². The van der Waals surface area contributed by atoms with E-state index >= 15 is 0 Å². The Morgan fingerprint density at radius 3 is 3.25 bits per heavy atom. The molecule has 3 heteroatoms. The smallest absolute Gasteiger partial charge is 0.0668 e. The third kappa shape index (κ3) is 1.14. The summed E-state index contributed by atoms with van der Waals surface area (Å²) in [7, 11) is 0. The van der Waals surface area contributed by atoms with Crippen molar-refractivity contribution in [2.24, 2.45) is 5.73 Å². The zero-order valence-corrected chi connectivity index (χ0v) is 7.45. The van der Waals surface area contributed by atoms with Gasteiger partial charge in [-0.2, -0.15) is 5.10 Å². The standard InChI is InChI=1S/C9H15N3/c1-7(6-10)9-5-8-3-2-4-12(8)11-9/h5,7H,2-4,6,10H2,1H3. The van der Waals surface area contributed by atoms with Crippen molar-refractivity contribution >= 4 is 0 Å². The van der Waals surface area contributed by atoms with E-state index in [2.05, 4.69) is 22.8 Å². The van der Waals surface area contributed by atoms with E-state index in [9.17, 15) is 0 Å². The van der Waals surface area contributed by atoms with Crippen LogP contribution in [0.4, 0.5) is 0 Å². The van der Waals surface area contributed by atoms with Crippen LogP contribution >= 0.6 is 0 Å². The molecule has 0 amide bonds. The van der Waals surface area contributed by atoms with Crippen LogP contribution in [0.5, 0.6) is 0 Å². The molecule has 1 atom stereocenters. The van der Waals surface area contributed by atoms with Gasteiger partial charge >= 0.3 is 0 Å². The van der Waals surface area contributed by atoms with Crippen LogP contribution < -0.4 is 5.73 Å². The summed E-state index contributed by atoms with van der Waals surface area (Å²) in [6, 6.07) is 2.20. The number of aryl methyl sites for hydroxylation is 2. The van der Waals surface area contributed by atoms with Gasteiger partial charge in [0, 0.05) is 24.7 Å². The quantitative estimate of drug-likeness (QED) is 0.707. The second kappa shape index (κ2) is 2.90. The van der Waals surface area contributed by atoms with Gasteiger partial charge in [0.1, 0.15) is 0 Å². The van der Waals surface area contributed by atoms with Gasteiger partial charge in [-0.1, -0.05) is 6.92 Å². The van der Waals surface area contributed by atoms with Crippen molar-refractivity contribution in [1.29, 1.82) is 0 Å². The molecule has 0 saturated carbocycles. The zero-order chi connectivity index (χ0) is 8.55. The van der Waals surface area contributed by atoms with E-state index in [1.54, 1.807) is 0 Å². The summed E-state index contributed by atoms with van der Waals surface area (Å²) < 4.78 is 2.11. The molecule has 12 heavy (non-hydrogen) atoms. The predicted octanol–water partition coefficient (Wildman–Crippen LogP) is 0.892. The third-order valence-electron chi connectivity index (χ3n) is 2.54. The normalized spacial score (nSPS) is 17.8. The monoisotopic (exact) mass is 165 g/mol. The molecule has 2 N–H and O–H groups in total. The van der Waals surface area contributed by atoms with Crippen LogP contribution in [-0.4, -0.2) is 16.3 Å². The molecule has 0 radical (unpaired) electrons. The molecule has 1 aliphatic rings. The minimum absolute atomic E-state index is 0.406. The van der Waals surface area contributed by atoms with E-state index < -0.39 is 0 Å². The highest BCUT2D eigenvalue weighted by molar-refractivity contribution is 5.16. The fraction of sp³-hybridized carbons (Fsp3) is 0.667. The lowest BCUT2D eigenvalue weighted by Crippen LogP contribution is -2.10. The number of hydrogen-bond donors (Lipinski definition) is 1. The molecule has 0 fully saturated rings. The van der Waals surface area contributed by atoms with Gasteiger partial charge in [0.15, 0.2) is 0 Å². The lowest BCUT2D eigenvalue weighted by atomic mass is 10.1. The molecule has 0 aromatic carbocycles. The maximum absolute atomic E-state index is 5.57. The number of rotatable bonds is 2. The SMILES string of the molecule is CC(CN)c1cc2n(n1)CCC2. The number of aromatic nitrogens is 2. The minimum atomic E-state index is 0.406. The fourth-order valence-electron chi connectivity index (χ4n) is 1.64. The fourth-order valence-corrected chi connectivity index (χ4v) is 1.64. The third-order valence-corrected chi connectivity index (χ3v) is 2.54. The van der Waals surface area contributed by atoms with Crippen molar-refractivity contribution in [3.63, 3.8) is 0 Å². The topological polar surface area (TPSA) is 43.8 Å². The molecule has 0 spiro atoms. The minimum Gasteiger partial charge on any atom is -0.330 e. The molecule has 2 heterocycles. The van der Waals surface area contributed by atoms with Gasteiger partial charge < -0.3 is 5.73 Å². The van der Waals surface area contributed by atoms with Gasteiger partial charge in [-0.3, -0.25) is 4.68 Å². The van der Waals surface area contributed by atoms with Crippen LogP contribution in [0.15, 0.2) is 6.07 Å². The number of hydrogen-bond acceptors (Lipinski definition) is 2. The Balaban J connectivity index is 2.25. The molecule has 1 aromatic rings. The summed E-state index contributed by atoms with van der Waals surface area (Å²) in [4.78, 5) is 0. The average Bonchev–Trinajstić information content (AvgIpc) is 2.60. The Morgan fingerprint density at radius 2 is 2.58 bits per heavy atom. The van der Waals surface area contributed by atoms with Crippen molar-refractivity contribution < 1.29 is 0 Å². The Bertz CT molecular complexity index is 256. The molecule has 0 aliphatic carbocycles. The van der Waals surface area contributed by atoms with Crippen molar-refractivity contribution in [2.75, 3.05) is 6.54 Å². The summed E-state index contributed by atoms with van der Waals surface area (Å²) in [5.74, 6) is 0.406. The van der Waals surface area contributed by atoms with E-state index in [1.165, 1.54) is 18.5 Å². The maximum atomic E-state index is 5.57. The van der Waals surface area contributed by atoms with Crippen molar-refractivity contribution in [3.8, 4) is 0 Å². The molecule has 2 rings (SSSR count). The van der Waals surface area contributed by atoms with E-state index in [-0.39, 0.29) is 0 Å². The molecular formula is C9H15N3. The first-order chi connectivity index (χ1) is 5.81. The van der Waals surface area contributed by atoms with Crippen LogP contribution in [-0.2, 0) is 13.0 Å². The number of nitrogens with two attached hydrogens (primary N) is 1. The molecule has 1 aromatic heterocycles. The summed E-state index contributed by atoms with van der Waals surface area (Å²) in [6.07, 6.45) is 2.43. The maximum Gasteiger partial charge on any atom is 0.0668 e. The second-order valence-corrected chi connectivity index (χ2v) is 3.52. The van der Waals surface area contributed by atoms with Gasteiger partial charge in [-0.05, 0) is 18.9 Å². The van der Waals surface area contributed by atoms with Crippen LogP contribution in [0, 0.1) is 0 Å². The molecule has 1 aliphatic heterocycles. The summed E-state index contributed by atoms with van der Waals surface area (Å²) in [5.41, 5.74) is 8.11. The van der Waals surface area contributed by atoms with Crippen LogP contribution in [0.1, 0.15) is 30.7 Å². The Kier molecular flexibility index (Phi) is 1.89. The predicted molar refractivity (Wildman–Crippen MR) is 48.0 cm³/mol. The van der Waals surface area contributed by atoms with E-state index in [1.807, 2.05) is 0 Å². The molecule has 1 unspecified atom stereocenters. The van der Waals surface area contributed by atoms with E-state index in [0.29, 0.717) is 12.5 Å². The highest BCUT2D eigenvalue weighted by Gasteiger charge is 2.15. The lowest BCUT2D eigenvalue weighted by Gasteiger charge is -2.02. The van der Waals surface area contributed by atoms with E-state index in [0.717, 1.165) is 12.2 Å². The average molecular weight is 165 g/mol. The largest absolute Gasteiger partial charge is 0.330 e. The van der Waals surface area contributed by atoms with E-state index in [4.69, 9.17) is 5.73 Å². The van der Waals surface area contributed by atoms with Crippen LogP contribution in [0.2, 0.25) is 0 Å². The summed E-state index contributed by atoms with van der Waals surface area (Å²) in [5, 5.41) is 4.50. The first-order valence-electron chi connectivity index (χ1n) is 4.58. The number of fused-ring (bicyclic) bond motifs is 1. The van der Waals surface area contributed by atoms with Gasteiger partial charge in [0.25, 0.3) is 0 Å². The molecule has 66 valence electrons. The van der Waals surface area contributed by atoms with Gasteiger partial charge in [-0.15, -0.1) is 0 Å². The van der Waals surface area contributed by atoms with Crippen LogP contribution in [0.25, 0.3) is 0 Å². The Morgan fingerprint density at radius 1 is 1.75 bits per heavy atom. The Hall–Kier alpha value is -0.830. The highest BCUT2D eigenvalue weighted by atomic mass is 15.3. The second-order valence-electron chi connectivity index (χ2n) is 3.52. The van der Waals surface area contributed by atoms with Crippen molar-refractivity contribution in [3.05, 3.63) is 17.5 Å². The first kappa shape index (κ1) is 7.80. The Labute approximate surface area is 72.6 Å². The first-order valence-corrected chi connectivity index (χ1v) is 4.58. The highest BCUT2D eigenvalue weighted by Crippen LogP contribution is 2.19. The molecule has 3 nitrogen and oxygen atoms in total. The summed E-state index contributed by atoms with van der Waals surface area (Å²) in [6.45, 7) is 3.90. The lowest BCUT2D eigenvalue weighted by molar-refractivity contribution is 0.624.